The fourth-order valence-electron chi connectivity index (χ4n) is 3.15. The smallest absolute Gasteiger partial charge is 0.0607 e. The molecule has 0 heterocycles. The maximum atomic E-state index is 6.12. The van der Waals surface area contributed by atoms with Crippen molar-refractivity contribution < 1.29 is 9.47 Å². The fourth-order valence-corrected chi connectivity index (χ4v) is 3.15. The molecule has 0 aromatic heterocycles. The Hall–Kier alpha value is -0.120. The number of nitrogens with one attached hydrogen (secondary N) is 1. The van der Waals surface area contributed by atoms with Gasteiger partial charge in [0.2, 0.25) is 0 Å². The molecule has 1 aliphatic carbocycles. The second-order valence-electron chi connectivity index (χ2n) is 9.10. The molecule has 0 radical (unpaired) electrons. The largest absolute Gasteiger partial charge is 0.378 e. The summed E-state index contributed by atoms with van der Waals surface area (Å²) in [6.45, 7) is 15.1. The van der Waals surface area contributed by atoms with Gasteiger partial charge in [-0.1, -0.05) is 12.8 Å². The molecule has 0 amide bonds. The van der Waals surface area contributed by atoms with Gasteiger partial charge in [0.1, 0.15) is 0 Å². The summed E-state index contributed by atoms with van der Waals surface area (Å²) in [5, 5.41) is 3.54. The van der Waals surface area contributed by atoms with Gasteiger partial charge in [-0.3, -0.25) is 0 Å². The Labute approximate surface area is 144 Å². The number of ether oxygens (including phenoxy) is 2. The maximum absolute atomic E-state index is 6.12. The number of hydrogen-bond acceptors (Lipinski definition) is 3. The average molecular weight is 328 g/mol. The van der Waals surface area contributed by atoms with E-state index >= 15 is 0 Å². The van der Waals surface area contributed by atoms with E-state index in [1.165, 1.54) is 44.9 Å². The van der Waals surface area contributed by atoms with Crippen LogP contribution in [0.2, 0.25) is 0 Å². The molecule has 0 spiro atoms. The van der Waals surface area contributed by atoms with E-state index in [1.54, 1.807) is 0 Å². The summed E-state index contributed by atoms with van der Waals surface area (Å²) < 4.78 is 12.2. The lowest BCUT2D eigenvalue weighted by Crippen LogP contribution is -2.36. The molecule has 0 saturated heterocycles. The predicted molar refractivity (Wildman–Crippen MR) is 99.1 cm³/mol. The van der Waals surface area contributed by atoms with E-state index in [0.717, 1.165) is 19.6 Å². The van der Waals surface area contributed by atoms with E-state index in [0.29, 0.717) is 12.2 Å². The van der Waals surface area contributed by atoms with Crippen molar-refractivity contribution in [1.29, 1.82) is 0 Å². The lowest BCUT2D eigenvalue weighted by atomic mass is 9.94. The first-order valence-corrected chi connectivity index (χ1v) is 9.70. The second-order valence-corrected chi connectivity index (χ2v) is 9.10. The van der Waals surface area contributed by atoms with Crippen molar-refractivity contribution in [2.75, 3.05) is 13.2 Å². The normalized spacial score (nSPS) is 23.2. The van der Waals surface area contributed by atoms with E-state index < -0.39 is 0 Å². The minimum atomic E-state index is -0.0341. The van der Waals surface area contributed by atoms with Crippen molar-refractivity contribution >= 4 is 0 Å². The first-order valence-electron chi connectivity index (χ1n) is 9.70. The quantitative estimate of drug-likeness (QED) is 0.599. The van der Waals surface area contributed by atoms with Crippen LogP contribution in [0.5, 0.6) is 0 Å². The van der Waals surface area contributed by atoms with Crippen LogP contribution in [0.3, 0.4) is 0 Å². The van der Waals surface area contributed by atoms with E-state index in [4.69, 9.17) is 9.47 Å². The predicted octanol–water partition coefficient (Wildman–Crippen LogP) is 5.08. The minimum absolute atomic E-state index is 0.0341. The summed E-state index contributed by atoms with van der Waals surface area (Å²) in [4.78, 5) is 0. The Morgan fingerprint density at radius 1 is 0.870 bits per heavy atom. The molecule has 0 bridgehead atoms. The molecule has 0 aromatic carbocycles. The van der Waals surface area contributed by atoms with Gasteiger partial charge in [0.15, 0.2) is 0 Å². The average Bonchev–Trinajstić information content (AvgIpc) is 2.39. The molecular formula is C20H41NO2. The van der Waals surface area contributed by atoms with Crippen molar-refractivity contribution in [3.63, 3.8) is 0 Å². The SMILES string of the molecule is CC(C)(C)NCCCCCCOC1CCCC(OC(C)(C)C)C1. The highest BCUT2D eigenvalue weighted by molar-refractivity contribution is 4.76. The highest BCUT2D eigenvalue weighted by Gasteiger charge is 2.26. The highest BCUT2D eigenvalue weighted by atomic mass is 16.5. The monoisotopic (exact) mass is 327 g/mol. The molecule has 0 aromatic rings. The third-order valence-corrected chi connectivity index (χ3v) is 4.18. The van der Waals surface area contributed by atoms with Gasteiger partial charge >= 0.3 is 0 Å². The van der Waals surface area contributed by atoms with E-state index in [9.17, 15) is 0 Å². The molecule has 3 nitrogen and oxygen atoms in total. The van der Waals surface area contributed by atoms with Crippen LogP contribution >= 0.6 is 0 Å². The van der Waals surface area contributed by atoms with Crippen molar-refractivity contribution in [3.8, 4) is 0 Å². The van der Waals surface area contributed by atoms with Crippen molar-refractivity contribution in [1.82, 2.24) is 5.32 Å². The lowest BCUT2D eigenvalue weighted by molar-refractivity contribution is -0.103. The third-order valence-electron chi connectivity index (χ3n) is 4.18. The summed E-state index contributed by atoms with van der Waals surface area (Å²) >= 11 is 0. The first-order chi connectivity index (χ1) is 10.7. The summed E-state index contributed by atoms with van der Waals surface area (Å²) in [5.41, 5.74) is 0.212. The molecule has 0 aliphatic heterocycles. The molecule has 1 fully saturated rings. The lowest BCUT2D eigenvalue weighted by Gasteiger charge is -2.34. The number of rotatable bonds is 9. The van der Waals surface area contributed by atoms with Gasteiger partial charge in [-0.05, 0) is 86.6 Å². The summed E-state index contributed by atoms with van der Waals surface area (Å²) in [6, 6.07) is 0. The molecule has 1 aliphatic rings. The summed E-state index contributed by atoms with van der Waals surface area (Å²) in [5.74, 6) is 0. The Kier molecular flexibility index (Phi) is 9.10. The van der Waals surface area contributed by atoms with E-state index in [-0.39, 0.29) is 11.1 Å². The van der Waals surface area contributed by atoms with Gasteiger partial charge in [-0.15, -0.1) is 0 Å². The van der Waals surface area contributed by atoms with Gasteiger partial charge in [0.25, 0.3) is 0 Å². The van der Waals surface area contributed by atoms with Gasteiger partial charge in [0, 0.05) is 12.1 Å². The van der Waals surface area contributed by atoms with E-state index in [2.05, 4.69) is 46.9 Å². The van der Waals surface area contributed by atoms with Gasteiger partial charge < -0.3 is 14.8 Å². The third kappa shape index (κ3) is 12.0. The van der Waals surface area contributed by atoms with Crippen LogP contribution in [0, 0.1) is 0 Å². The zero-order chi connectivity index (χ0) is 17.3. The topological polar surface area (TPSA) is 30.5 Å². The molecule has 3 heteroatoms. The Morgan fingerprint density at radius 2 is 1.52 bits per heavy atom. The molecule has 2 atom stereocenters. The summed E-state index contributed by atoms with van der Waals surface area (Å²) in [6.07, 6.45) is 10.6. The molecule has 138 valence electrons. The van der Waals surface area contributed by atoms with Crippen LogP contribution in [0.25, 0.3) is 0 Å². The number of unbranched alkanes of at least 4 members (excludes halogenated alkanes) is 3. The molecule has 1 N–H and O–H groups in total. The van der Waals surface area contributed by atoms with Gasteiger partial charge in [-0.25, -0.2) is 0 Å². The molecule has 2 unspecified atom stereocenters. The zero-order valence-electron chi connectivity index (χ0n) is 16.5. The fraction of sp³-hybridized carbons (Fsp3) is 1.00. The standard InChI is InChI=1S/C20H41NO2/c1-19(2,3)21-14-9-7-8-10-15-22-17-12-11-13-18(16-17)23-20(4,5)6/h17-18,21H,7-16H2,1-6H3. The minimum Gasteiger partial charge on any atom is -0.378 e. The second kappa shape index (κ2) is 10.0. The van der Waals surface area contributed by atoms with Crippen molar-refractivity contribution in [2.24, 2.45) is 0 Å². The highest BCUT2D eigenvalue weighted by Crippen LogP contribution is 2.27. The molecular weight excluding hydrogens is 286 g/mol. The Bertz CT molecular complexity index is 304. The molecule has 1 rings (SSSR count). The van der Waals surface area contributed by atoms with Crippen LogP contribution in [-0.2, 0) is 9.47 Å². The van der Waals surface area contributed by atoms with Crippen LogP contribution in [0.15, 0.2) is 0 Å². The first kappa shape index (κ1) is 20.9. The van der Waals surface area contributed by atoms with Crippen LogP contribution in [0.1, 0.15) is 92.9 Å². The van der Waals surface area contributed by atoms with Gasteiger partial charge in [0.05, 0.1) is 17.8 Å². The molecule has 1 saturated carbocycles. The van der Waals surface area contributed by atoms with Crippen LogP contribution in [0.4, 0.5) is 0 Å². The van der Waals surface area contributed by atoms with E-state index in [1.807, 2.05) is 0 Å². The maximum Gasteiger partial charge on any atom is 0.0607 e. The summed E-state index contributed by atoms with van der Waals surface area (Å²) in [7, 11) is 0. The Balaban J connectivity index is 2.01. The van der Waals surface area contributed by atoms with Crippen LogP contribution in [-0.4, -0.2) is 36.5 Å². The Morgan fingerprint density at radius 3 is 2.17 bits per heavy atom. The zero-order valence-corrected chi connectivity index (χ0v) is 16.5. The van der Waals surface area contributed by atoms with Crippen molar-refractivity contribution in [3.05, 3.63) is 0 Å². The van der Waals surface area contributed by atoms with Crippen LogP contribution < -0.4 is 5.32 Å². The number of hydrogen-bond donors (Lipinski definition) is 1. The molecule has 23 heavy (non-hydrogen) atoms. The van der Waals surface area contributed by atoms with Gasteiger partial charge in [-0.2, -0.15) is 0 Å². The van der Waals surface area contributed by atoms with Crippen molar-refractivity contribution in [2.45, 2.75) is 116 Å².